The average Bonchev–Trinajstić information content (AvgIpc) is 3.16. The number of hydrogen-bond acceptors (Lipinski definition) is 2. The molecule has 0 aliphatic carbocycles. The number of pyridine rings is 1. The van der Waals surface area contributed by atoms with Gasteiger partial charge >= 0.3 is 0 Å². The normalized spacial score (nSPS) is 12.0. The van der Waals surface area contributed by atoms with E-state index in [0.717, 1.165) is 29.6 Å². The Bertz CT molecular complexity index is 1000. The first-order valence-corrected chi connectivity index (χ1v) is 9.61. The fourth-order valence-corrected chi connectivity index (χ4v) is 3.53. The summed E-state index contributed by atoms with van der Waals surface area (Å²) in [7, 11) is 0. The predicted octanol–water partition coefficient (Wildman–Crippen LogP) is 4.79. The maximum Gasteiger partial charge on any atom is 0.220 e. The van der Waals surface area contributed by atoms with Gasteiger partial charge in [-0.1, -0.05) is 54.6 Å². The molecule has 0 bridgehead atoms. The number of H-pyrrole nitrogens is 1. The fraction of sp³-hybridized carbons (Fsp3) is 0.167. The Morgan fingerprint density at radius 3 is 2.57 bits per heavy atom. The van der Waals surface area contributed by atoms with Gasteiger partial charge in [0.05, 0.1) is 11.7 Å². The molecule has 140 valence electrons. The second kappa shape index (κ2) is 8.53. The summed E-state index contributed by atoms with van der Waals surface area (Å²) in [5.41, 5.74) is 4.28. The van der Waals surface area contributed by atoms with Gasteiger partial charge in [-0.05, 0) is 42.2 Å². The molecule has 1 amide bonds. The number of fused-ring (bicyclic) bond motifs is 1. The van der Waals surface area contributed by atoms with Crippen molar-refractivity contribution < 1.29 is 4.79 Å². The van der Waals surface area contributed by atoms with E-state index in [9.17, 15) is 4.79 Å². The zero-order valence-corrected chi connectivity index (χ0v) is 15.6. The van der Waals surface area contributed by atoms with Crippen molar-refractivity contribution in [2.75, 3.05) is 0 Å². The molecule has 0 fully saturated rings. The summed E-state index contributed by atoms with van der Waals surface area (Å²) in [4.78, 5) is 20.4. The quantitative estimate of drug-likeness (QED) is 0.492. The Kier molecular flexibility index (Phi) is 5.48. The fourth-order valence-electron chi connectivity index (χ4n) is 3.53. The summed E-state index contributed by atoms with van der Waals surface area (Å²) in [6.45, 7) is 0. The van der Waals surface area contributed by atoms with E-state index in [4.69, 9.17) is 0 Å². The molecule has 28 heavy (non-hydrogen) atoms. The van der Waals surface area contributed by atoms with Crippen molar-refractivity contribution in [1.29, 1.82) is 0 Å². The monoisotopic (exact) mass is 369 g/mol. The molecule has 2 heterocycles. The molecule has 1 atom stereocenters. The van der Waals surface area contributed by atoms with Crippen molar-refractivity contribution in [3.63, 3.8) is 0 Å². The van der Waals surface area contributed by atoms with Crippen LogP contribution in [-0.4, -0.2) is 15.9 Å². The molecule has 2 aromatic heterocycles. The molecular formula is C24H23N3O. The van der Waals surface area contributed by atoms with Crippen LogP contribution in [0.2, 0.25) is 0 Å². The van der Waals surface area contributed by atoms with E-state index in [1.807, 2.05) is 66.9 Å². The largest absolute Gasteiger partial charge is 0.361 e. The minimum absolute atomic E-state index is 0.0411. The summed E-state index contributed by atoms with van der Waals surface area (Å²) in [5.74, 6) is 0.0411. The highest BCUT2D eigenvalue weighted by atomic mass is 16.1. The SMILES string of the molecule is O=C(CCCc1c[nH]c2ccccc12)NC(c1ccccc1)c1ccccn1. The molecule has 1 unspecified atom stereocenters. The van der Waals surface area contributed by atoms with E-state index in [1.54, 1.807) is 6.20 Å². The van der Waals surface area contributed by atoms with Crippen molar-refractivity contribution >= 4 is 16.8 Å². The van der Waals surface area contributed by atoms with Gasteiger partial charge < -0.3 is 10.3 Å². The van der Waals surface area contributed by atoms with Gasteiger partial charge in [-0.25, -0.2) is 0 Å². The summed E-state index contributed by atoms with van der Waals surface area (Å²) in [6, 6.07) is 23.8. The van der Waals surface area contributed by atoms with Gasteiger partial charge in [-0.2, -0.15) is 0 Å². The number of aromatic nitrogens is 2. The first kappa shape index (κ1) is 18.0. The number of para-hydroxylation sites is 1. The van der Waals surface area contributed by atoms with E-state index < -0.39 is 0 Å². The molecule has 0 radical (unpaired) electrons. The summed E-state index contributed by atoms with van der Waals surface area (Å²) < 4.78 is 0. The van der Waals surface area contributed by atoms with E-state index >= 15 is 0 Å². The van der Waals surface area contributed by atoms with Crippen LogP contribution in [0.5, 0.6) is 0 Å². The minimum atomic E-state index is -0.233. The van der Waals surface area contributed by atoms with Crippen LogP contribution in [0.4, 0.5) is 0 Å². The van der Waals surface area contributed by atoms with Gasteiger partial charge in [-0.3, -0.25) is 9.78 Å². The van der Waals surface area contributed by atoms with Gasteiger partial charge in [0, 0.05) is 29.7 Å². The number of carbonyl (C=O) groups excluding carboxylic acids is 1. The third-order valence-corrected chi connectivity index (χ3v) is 4.95. The highest BCUT2D eigenvalue weighted by molar-refractivity contribution is 5.83. The predicted molar refractivity (Wildman–Crippen MR) is 112 cm³/mol. The third kappa shape index (κ3) is 4.12. The average molecular weight is 369 g/mol. The molecule has 0 saturated heterocycles. The van der Waals surface area contributed by atoms with Crippen molar-refractivity contribution in [2.45, 2.75) is 25.3 Å². The highest BCUT2D eigenvalue weighted by Crippen LogP contribution is 2.21. The van der Waals surface area contributed by atoms with Crippen molar-refractivity contribution in [3.05, 3.63) is 102 Å². The van der Waals surface area contributed by atoms with Gasteiger partial charge in [0.25, 0.3) is 0 Å². The Hall–Kier alpha value is -3.40. The van der Waals surface area contributed by atoms with E-state index in [-0.39, 0.29) is 11.9 Å². The molecular weight excluding hydrogens is 346 g/mol. The zero-order chi connectivity index (χ0) is 19.2. The maximum absolute atomic E-state index is 12.6. The zero-order valence-electron chi connectivity index (χ0n) is 15.6. The van der Waals surface area contributed by atoms with Crippen LogP contribution in [0.1, 0.15) is 35.7 Å². The van der Waals surface area contributed by atoms with E-state index in [2.05, 4.69) is 27.4 Å². The number of carbonyl (C=O) groups is 1. The standard InChI is InChI=1S/C24H23N3O/c28-23(15-8-11-19-17-26-21-13-5-4-12-20(19)21)27-24(18-9-2-1-3-10-18)22-14-6-7-16-25-22/h1-7,9-10,12-14,16-17,24,26H,8,11,15H2,(H,27,28). The number of nitrogens with zero attached hydrogens (tertiary/aromatic N) is 1. The molecule has 0 spiro atoms. The third-order valence-electron chi connectivity index (χ3n) is 4.95. The second-order valence-electron chi connectivity index (χ2n) is 6.88. The summed E-state index contributed by atoms with van der Waals surface area (Å²) in [6.07, 6.45) is 5.96. The minimum Gasteiger partial charge on any atom is -0.361 e. The Balaban J connectivity index is 1.40. The molecule has 4 nitrogen and oxygen atoms in total. The summed E-state index contributed by atoms with van der Waals surface area (Å²) >= 11 is 0. The van der Waals surface area contributed by atoms with Crippen LogP contribution < -0.4 is 5.32 Å². The summed E-state index contributed by atoms with van der Waals surface area (Å²) in [5, 5.41) is 4.39. The smallest absolute Gasteiger partial charge is 0.220 e. The van der Waals surface area contributed by atoms with E-state index in [1.165, 1.54) is 10.9 Å². The number of aryl methyl sites for hydroxylation is 1. The number of hydrogen-bond donors (Lipinski definition) is 2. The first-order chi connectivity index (χ1) is 13.8. The van der Waals surface area contributed by atoms with Gasteiger partial charge in [-0.15, -0.1) is 0 Å². The van der Waals surface area contributed by atoms with Crippen LogP contribution in [0, 0.1) is 0 Å². The molecule has 2 N–H and O–H groups in total. The van der Waals surface area contributed by atoms with Crippen molar-refractivity contribution in [1.82, 2.24) is 15.3 Å². The van der Waals surface area contributed by atoms with Crippen LogP contribution in [0.25, 0.3) is 10.9 Å². The number of benzene rings is 2. The number of rotatable bonds is 7. The van der Waals surface area contributed by atoms with Gasteiger partial charge in [0.2, 0.25) is 5.91 Å². The molecule has 4 rings (SSSR count). The lowest BCUT2D eigenvalue weighted by Gasteiger charge is -2.19. The van der Waals surface area contributed by atoms with Crippen LogP contribution in [0.3, 0.4) is 0 Å². The highest BCUT2D eigenvalue weighted by Gasteiger charge is 2.17. The lowest BCUT2D eigenvalue weighted by molar-refractivity contribution is -0.121. The number of amides is 1. The van der Waals surface area contributed by atoms with Gasteiger partial charge in [0.1, 0.15) is 0 Å². The maximum atomic E-state index is 12.6. The van der Waals surface area contributed by atoms with Crippen molar-refractivity contribution in [2.24, 2.45) is 0 Å². The van der Waals surface area contributed by atoms with Gasteiger partial charge in [0.15, 0.2) is 0 Å². The molecule has 0 aliphatic heterocycles. The Labute approximate surface area is 164 Å². The van der Waals surface area contributed by atoms with E-state index in [0.29, 0.717) is 6.42 Å². The molecule has 0 aliphatic rings. The van der Waals surface area contributed by atoms with Crippen LogP contribution >= 0.6 is 0 Å². The Morgan fingerprint density at radius 1 is 0.964 bits per heavy atom. The molecule has 2 aromatic carbocycles. The molecule has 4 heteroatoms. The number of nitrogens with one attached hydrogen (secondary N) is 2. The lowest BCUT2D eigenvalue weighted by atomic mass is 10.0. The van der Waals surface area contributed by atoms with Crippen LogP contribution in [-0.2, 0) is 11.2 Å². The Morgan fingerprint density at radius 2 is 1.75 bits per heavy atom. The topological polar surface area (TPSA) is 57.8 Å². The number of aromatic amines is 1. The molecule has 4 aromatic rings. The molecule has 0 saturated carbocycles. The van der Waals surface area contributed by atoms with Crippen molar-refractivity contribution in [3.8, 4) is 0 Å². The lowest BCUT2D eigenvalue weighted by Crippen LogP contribution is -2.29. The second-order valence-corrected chi connectivity index (χ2v) is 6.88. The first-order valence-electron chi connectivity index (χ1n) is 9.61. The van der Waals surface area contributed by atoms with Crippen LogP contribution in [0.15, 0.2) is 85.2 Å².